The Morgan fingerprint density at radius 1 is 1.05 bits per heavy atom. The first-order valence-corrected chi connectivity index (χ1v) is 9.38. The van der Waals surface area contributed by atoms with Crippen molar-refractivity contribution in [3.63, 3.8) is 0 Å². The molecule has 0 aromatic rings. The number of rotatable bonds is 6. The molecule has 1 atom stereocenters. The van der Waals surface area contributed by atoms with Gasteiger partial charge in [-0.05, 0) is 52.9 Å². The molecule has 0 aromatic carbocycles. The van der Waals surface area contributed by atoms with Gasteiger partial charge in [-0.15, -0.1) is 0 Å². The van der Waals surface area contributed by atoms with E-state index in [2.05, 4.69) is 9.80 Å². The smallest absolute Gasteiger partial charge is 0.159 e. The molecule has 1 aliphatic heterocycles. The minimum atomic E-state index is -1.80. The van der Waals surface area contributed by atoms with Gasteiger partial charge in [0.1, 0.15) is 0 Å². The third kappa shape index (κ3) is 6.97. The highest BCUT2D eigenvalue weighted by molar-refractivity contribution is 7.95. The van der Waals surface area contributed by atoms with Crippen molar-refractivity contribution in [1.29, 1.82) is 0 Å². The standard InChI is InChI=1S/C14H30N2O3S2/c1-13(2,20-17)11-15-7-5-9-16(10-6-8-15)12-14(3,4)21(18)19/h17H,5-12H2,1-4H3,(H,18,19)/p-1. The van der Waals surface area contributed by atoms with Crippen LogP contribution < -0.4 is 0 Å². The fraction of sp³-hybridized carbons (Fsp3) is 1.00. The molecule has 1 unspecified atom stereocenters. The maximum Gasteiger partial charge on any atom is 0.159 e. The van der Waals surface area contributed by atoms with Crippen LogP contribution in [0.2, 0.25) is 0 Å². The summed E-state index contributed by atoms with van der Waals surface area (Å²) in [6, 6.07) is 0. The van der Waals surface area contributed by atoms with Crippen molar-refractivity contribution in [1.82, 2.24) is 9.80 Å². The first-order valence-electron chi connectivity index (χ1n) is 7.53. The van der Waals surface area contributed by atoms with Crippen molar-refractivity contribution in [2.75, 3.05) is 39.3 Å². The minimum absolute atomic E-state index is 0.241. The molecule has 1 heterocycles. The summed E-state index contributed by atoms with van der Waals surface area (Å²) in [7, 11) is 0. The summed E-state index contributed by atoms with van der Waals surface area (Å²) in [5.74, 6) is 0. The number of hydrogen-bond acceptors (Lipinski definition) is 5. The molecule has 1 fully saturated rings. The molecule has 1 aliphatic rings. The van der Waals surface area contributed by atoms with E-state index in [4.69, 9.17) is 0 Å². The van der Waals surface area contributed by atoms with E-state index in [1.807, 2.05) is 27.7 Å². The summed E-state index contributed by atoms with van der Waals surface area (Å²) in [5.41, 5.74) is 0. The first-order chi connectivity index (χ1) is 9.66. The lowest BCUT2D eigenvalue weighted by Crippen LogP contribution is -2.46. The predicted octanol–water partition coefficient (Wildman–Crippen LogP) is 2.03. The average molecular weight is 338 g/mol. The van der Waals surface area contributed by atoms with Gasteiger partial charge in [-0.25, -0.2) is 4.21 Å². The van der Waals surface area contributed by atoms with E-state index in [1.54, 1.807) is 0 Å². The van der Waals surface area contributed by atoms with Gasteiger partial charge in [0.25, 0.3) is 0 Å². The third-order valence-corrected chi connectivity index (χ3v) is 5.46. The Labute approximate surface area is 136 Å². The largest absolute Gasteiger partial charge is 0.799 e. The molecule has 0 aliphatic carbocycles. The molecule has 1 saturated heterocycles. The highest BCUT2D eigenvalue weighted by atomic mass is 32.2. The summed E-state index contributed by atoms with van der Waals surface area (Å²) in [5, 5.41) is 0. The predicted molar refractivity (Wildman–Crippen MR) is 89.4 cm³/mol. The normalized spacial score (nSPS) is 21.8. The van der Waals surface area contributed by atoms with E-state index in [-0.39, 0.29) is 4.75 Å². The van der Waals surface area contributed by atoms with E-state index < -0.39 is 15.8 Å². The van der Waals surface area contributed by atoms with E-state index in [0.717, 1.165) is 45.6 Å². The van der Waals surface area contributed by atoms with Gasteiger partial charge in [0, 0.05) is 17.8 Å². The van der Waals surface area contributed by atoms with Gasteiger partial charge in [0.05, 0.1) is 4.75 Å². The first kappa shape index (κ1) is 19.4. The molecule has 0 saturated carbocycles. The molecule has 5 nitrogen and oxygen atoms in total. The van der Waals surface area contributed by atoms with Crippen LogP contribution in [0.1, 0.15) is 40.5 Å². The van der Waals surface area contributed by atoms with Gasteiger partial charge in [-0.1, -0.05) is 13.8 Å². The van der Waals surface area contributed by atoms with Gasteiger partial charge in [-0.2, -0.15) is 0 Å². The van der Waals surface area contributed by atoms with Crippen molar-refractivity contribution < 1.29 is 13.3 Å². The second-order valence-corrected chi connectivity index (χ2v) is 9.99. The Morgan fingerprint density at radius 3 is 1.86 bits per heavy atom. The Hall–Kier alpha value is 0.340. The molecule has 1 rings (SSSR count). The number of hydrogen-bond donors (Lipinski definition) is 1. The summed E-state index contributed by atoms with van der Waals surface area (Å²) in [4.78, 5) is 4.66. The summed E-state index contributed by atoms with van der Waals surface area (Å²) >= 11 is -1.12. The number of nitrogens with zero attached hydrogens (tertiary/aromatic N) is 2. The van der Waals surface area contributed by atoms with Crippen LogP contribution in [0.25, 0.3) is 0 Å². The van der Waals surface area contributed by atoms with Crippen LogP contribution >= 0.6 is 12.0 Å². The third-order valence-electron chi connectivity index (χ3n) is 3.80. The van der Waals surface area contributed by atoms with Crippen molar-refractivity contribution in [3.8, 4) is 0 Å². The van der Waals surface area contributed by atoms with Crippen molar-refractivity contribution >= 4 is 23.1 Å². The maximum atomic E-state index is 11.3. The lowest BCUT2D eigenvalue weighted by atomic mass is 10.1. The maximum absolute atomic E-state index is 11.3. The Bertz CT molecular complexity index is 341. The average Bonchev–Trinajstić information content (AvgIpc) is 2.34. The van der Waals surface area contributed by atoms with E-state index in [0.29, 0.717) is 18.6 Å². The molecule has 0 radical (unpaired) electrons. The van der Waals surface area contributed by atoms with E-state index in [9.17, 15) is 13.3 Å². The SMILES string of the molecule is CC(C)(CN1CCCN(CC(C)(C)S(=O)O)CCC1)S[O-]. The van der Waals surface area contributed by atoms with Crippen LogP contribution in [0.4, 0.5) is 0 Å². The Balaban J connectivity index is 2.45. The molecule has 0 bridgehead atoms. The van der Waals surface area contributed by atoms with Gasteiger partial charge in [0.15, 0.2) is 11.1 Å². The highest BCUT2D eigenvalue weighted by Crippen LogP contribution is 2.23. The molecule has 21 heavy (non-hydrogen) atoms. The van der Waals surface area contributed by atoms with Crippen molar-refractivity contribution in [3.05, 3.63) is 0 Å². The molecule has 0 aromatic heterocycles. The highest BCUT2D eigenvalue weighted by Gasteiger charge is 2.28. The lowest BCUT2D eigenvalue weighted by molar-refractivity contribution is 0.167. The van der Waals surface area contributed by atoms with Crippen LogP contribution in [0.15, 0.2) is 0 Å². The van der Waals surface area contributed by atoms with Crippen LogP contribution in [0.5, 0.6) is 0 Å². The molecular weight excluding hydrogens is 308 g/mol. The van der Waals surface area contributed by atoms with Crippen LogP contribution in [0.3, 0.4) is 0 Å². The molecule has 0 amide bonds. The van der Waals surface area contributed by atoms with Crippen molar-refractivity contribution in [2.24, 2.45) is 0 Å². The zero-order valence-electron chi connectivity index (χ0n) is 13.6. The van der Waals surface area contributed by atoms with Crippen LogP contribution in [-0.4, -0.2) is 71.9 Å². The monoisotopic (exact) mass is 337 g/mol. The topological polar surface area (TPSA) is 66.8 Å². The van der Waals surface area contributed by atoms with Gasteiger partial charge >= 0.3 is 0 Å². The molecular formula is C14H29N2O3S2-. The fourth-order valence-corrected chi connectivity index (χ4v) is 3.26. The quantitative estimate of drug-likeness (QED) is 0.591. The van der Waals surface area contributed by atoms with E-state index >= 15 is 0 Å². The van der Waals surface area contributed by atoms with Gasteiger partial charge < -0.3 is 18.9 Å². The molecule has 126 valence electrons. The molecule has 0 spiro atoms. The Kier molecular flexibility index (Phi) is 7.63. The van der Waals surface area contributed by atoms with Crippen LogP contribution in [-0.2, 0) is 11.1 Å². The van der Waals surface area contributed by atoms with Gasteiger partial charge in [0.2, 0.25) is 0 Å². The minimum Gasteiger partial charge on any atom is -0.799 e. The molecule has 7 heteroatoms. The van der Waals surface area contributed by atoms with Gasteiger partial charge in [-0.3, -0.25) is 12.0 Å². The van der Waals surface area contributed by atoms with Crippen LogP contribution in [0, 0.1) is 0 Å². The zero-order valence-corrected chi connectivity index (χ0v) is 15.3. The van der Waals surface area contributed by atoms with Crippen molar-refractivity contribution in [2.45, 2.75) is 50.0 Å². The second-order valence-electron chi connectivity index (χ2n) is 7.11. The Morgan fingerprint density at radius 2 is 1.48 bits per heavy atom. The summed E-state index contributed by atoms with van der Waals surface area (Å²) < 4.78 is 30.9. The fourth-order valence-electron chi connectivity index (χ4n) is 2.73. The summed E-state index contributed by atoms with van der Waals surface area (Å²) in [6.45, 7) is 13.0. The van der Waals surface area contributed by atoms with E-state index in [1.165, 1.54) is 0 Å². The second kappa shape index (κ2) is 8.26. The molecule has 1 N–H and O–H groups in total. The zero-order chi connectivity index (χ0) is 16.1. The summed E-state index contributed by atoms with van der Waals surface area (Å²) in [6.07, 6.45) is 2.07. The lowest BCUT2D eigenvalue weighted by Gasteiger charge is -2.38.